The molecule has 1 heterocycles. The van der Waals surface area contributed by atoms with Gasteiger partial charge in [0.05, 0.1) is 6.21 Å². The lowest BCUT2D eigenvalue weighted by Crippen LogP contribution is -1.77. The molecule has 0 aliphatic carbocycles. The lowest BCUT2D eigenvalue weighted by atomic mass is 10.4. The van der Waals surface area contributed by atoms with Crippen molar-refractivity contribution in [2.45, 2.75) is 0 Å². The van der Waals surface area contributed by atoms with Crippen molar-refractivity contribution in [3.05, 3.63) is 24.0 Å². The molecule has 1 aliphatic heterocycles. The van der Waals surface area contributed by atoms with Crippen molar-refractivity contribution in [2.24, 2.45) is 5.16 Å². The fraction of sp³-hybridized carbons (Fsp3) is 0. The van der Waals surface area contributed by atoms with Gasteiger partial charge in [-0.3, -0.25) is 0 Å². The van der Waals surface area contributed by atoms with Crippen LogP contribution in [0.2, 0.25) is 0 Å². The van der Waals surface area contributed by atoms with Crippen LogP contribution in [-0.2, 0) is 4.84 Å². The normalized spacial score (nSPS) is 15.2. The molecule has 44 valence electrons. The zero-order chi connectivity index (χ0) is 6.53. The molecule has 3 heteroatoms. The van der Waals surface area contributed by atoms with Crippen molar-refractivity contribution < 1.29 is 4.84 Å². The number of allylic oxidation sites excluding steroid dienone is 4. The van der Waals surface area contributed by atoms with Crippen molar-refractivity contribution in [2.75, 3.05) is 0 Å². The summed E-state index contributed by atoms with van der Waals surface area (Å²) in [5.41, 5.74) is 0. The molecule has 3 nitrogen and oxygen atoms in total. The Balaban J connectivity index is 2.77. The first-order valence-electron chi connectivity index (χ1n) is 2.41. The average molecular weight is 120 g/mol. The molecule has 1 rings (SSSR count). The largest absolute Gasteiger partial charge is 0.346 e. The van der Waals surface area contributed by atoms with Gasteiger partial charge in [-0.15, -0.1) is 0 Å². The summed E-state index contributed by atoms with van der Waals surface area (Å²) >= 11 is 0. The molecule has 0 N–H and O–H groups in total. The van der Waals surface area contributed by atoms with Crippen molar-refractivity contribution in [1.29, 1.82) is 5.26 Å². The summed E-state index contributed by atoms with van der Waals surface area (Å²) in [7, 11) is 0. The Morgan fingerprint density at radius 1 is 1.56 bits per heavy atom. The number of oxime groups is 1. The van der Waals surface area contributed by atoms with E-state index < -0.39 is 0 Å². The fourth-order valence-corrected chi connectivity index (χ4v) is 0.403. The summed E-state index contributed by atoms with van der Waals surface area (Å²) in [6.45, 7) is 0. The lowest BCUT2D eigenvalue weighted by Gasteiger charge is -1.87. The minimum absolute atomic E-state index is 0.208. The predicted octanol–water partition coefficient (Wildman–Crippen LogP) is 0.966. The van der Waals surface area contributed by atoms with Crippen LogP contribution in [-0.4, -0.2) is 6.21 Å². The van der Waals surface area contributed by atoms with Gasteiger partial charge in [0, 0.05) is 0 Å². The van der Waals surface area contributed by atoms with E-state index in [4.69, 9.17) is 5.26 Å². The molecule has 1 aliphatic rings. The molecule has 9 heavy (non-hydrogen) atoms. The van der Waals surface area contributed by atoms with Gasteiger partial charge in [-0.1, -0.05) is 11.2 Å². The standard InChI is InChI=1S/C6H4N2O/c7-5-6-3-1-2-4-8-9-6/h1-4H. The molecule has 0 aromatic heterocycles. The first kappa shape index (κ1) is 5.57. The molecule has 0 radical (unpaired) electrons. The highest BCUT2D eigenvalue weighted by Gasteiger charge is 1.91. The number of nitriles is 1. The average Bonchev–Trinajstić information content (AvgIpc) is 2.13. The van der Waals surface area contributed by atoms with Gasteiger partial charge in [0.15, 0.2) is 0 Å². The van der Waals surface area contributed by atoms with E-state index in [9.17, 15) is 0 Å². The van der Waals surface area contributed by atoms with Crippen LogP contribution in [0.5, 0.6) is 0 Å². The van der Waals surface area contributed by atoms with Gasteiger partial charge < -0.3 is 4.84 Å². The van der Waals surface area contributed by atoms with Gasteiger partial charge in [0.25, 0.3) is 0 Å². The number of hydrogen-bond donors (Lipinski definition) is 0. The maximum absolute atomic E-state index is 8.26. The summed E-state index contributed by atoms with van der Waals surface area (Å²) in [6, 6.07) is 1.82. The molecular weight excluding hydrogens is 116 g/mol. The van der Waals surface area contributed by atoms with Crippen LogP contribution in [0.3, 0.4) is 0 Å². The van der Waals surface area contributed by atoms with E-state index in [2.05, 4.69) is 9.99 Å². The highest BCUT2D eigenvalue weighted by molar-refractivity contribution is 5.71. The zero-order valence-corrected chi connectivity index (χ0v) is 4.61. The molecule has 0 unspecified atom stereocenters. The molecule has 0 amide bonds. The van der Waals surface area contributed by atoms with Crippen LogP contribution in [0, 0.1) is 11.3 Å². The van der Waals surface area contributed by atoms with Crippen molar-refractivity contribution in [3.63, 3.8) is 0 Å². The van der Waals surface area contributed by atoms with E-state index in [1.807, 2.05) is 6.07 Å². The summed E-state index contributed by atoms with van der Waals surface area (Å²) in [6.07, 6.45) is 6.40. The van der Waals surface area contributed by atoms with Gasteiger partial charge in [-0.05, 0) is 12.2 Å². The van der Waals surface area contributed by atoms with Gasteiger partial charge >= 0.3 is 0 Å². The Morgan fingerprint density at radius 2 is 2.44 bits per heavy atom. The van der Waals surface area contributed by atoms with Crippen LogP contribution < -0.4 is 0 Å². The second-order valence-electron chi connectivity index (χ2n) is 1.37. The van der Waals surface area contributed by atoms with Crippen LogP contribution in [0.1, 0.15) is 0 Å². The summed E-state index contributed by atoms with van der Waals surface area (Å²) < 4.78 is 0. The van der Waals surface area contributed by atoms with Crippen LogP contribution in [0.15, 0.2) is 29.1 Å². The minimum atomic E-state index is 0.208. The molecule has 0 spiro atoms. The fourth-order valence-electron chi connectivity index (χ4n) is 0.403. The maximum atomic E-state index is 8.26. The van der Waals surface area contributed by atoms with Gasteiger partial charge in [-0.2, -0.15) is 5.26 Å². The topological polar surface area (TPSA) is 45.4 Å². The Labute approximate surface area is 52.5 Å². The third-order valence-electron chi connectivity index (χ3n) is 0.767. The quantitative estimate of drug-likeness (QED) is 0.478. The van der Waals surface area contributed by atoms with E-state index in [0.29, 0.717) is 0 Å². The van der Waals surface area contributed by atoms with Crippen molar-refractivity contribution in [3.8, 4) is 6.07 Å². The minimum Gasteiger partial charge on any atom is -0.346 e. The van der Waals surface area contributed by atoms with E-state index in [1.54, 1.807) is 18.2 Å². The van der Waals surface area contributed by atoms with Crippen LogP contribution in [0.25, 0.3) is 0 Å². The van der Waals surface area contributed by atoms with Gasteiger partial charge in [0.1, 0.15) is 6.07 Å². The Bertz CT molecular complexity index is 220. The lowest BCUT2D eigenvalue weighted by molar-refractivity contribution is 0.247. The maximum Gasteiger partial charge on any atom is 0.234 e. The Morgan fingerprint density at radius 3 is 3.22 bits per heavy atom. The molecule has 0 saturated carbocycles. The summed E-state index contributed by atoms with van der Waals surface area (Å²) in [5.74, 6) is 0.208. The number of rotatable bonds is 0. The van der Waals surface area contributed by atoms with Gasteiger partial charge in [0.2, 0.25) is 5.76 Å². The summed E-state index contributed by atoms with van der Waals surface area (Å²) in [5, 5.41) is 11.7. The van der Waals surface area contributed by atoms with Gasteiger partial charge in [-0.25, -0.2) is 0 Å². The van der Waals surface area contributed by atoms with Crippen molar-refractivity contribution >= 4 is 6.21 Å². The monoisotopic (exact) mass is 120 g/mol. The van der Waals surface area contributed by atoms with E-state index in [0.717, 1.165) is 0 Å². The third-order valence-corrected chi connectivity index (χ3v) is 0.767. The molecule has 0 atom stereocenters. The molecule has 0 fully saturated rings. The smallest absolute Gasteiger partial charge is 0.234 e. The Hall–Kier alpha value is -1.56. The van der Waals surface area contributed by atoms with Crippen molar-refractivity contribution in [1.82, 2.24) is 0 Å². The molecule has 0 saturated heterocycles. The zero-order valence-electron chi connectivity index (χ0n) is 4.61. The third kappa shape index (κ3) is 1.42. The van der Waals surface area contributed by atoms with E-state index in [1.165, 1.54) is 6.21 Å². The van der Waals surface area contributed by atoms with E-state index in [-0.39, 0.29) is 5.76 Å². The first-order chi connectivity index (χ1) is 4.43. The first-order valence-corrected chi connectivity index (χ1v) is 2.41. The number of hydrogen-bond acceptors (Lipinski definition) is 3. The molecule has 0 bridgehead atoms. The molecular formula is C6H4N2O. The van der Waals surface area contributed by atoms with Crippen LogP contribution >= 0.6 is 0 Å². The highest BCUT2D eigenvalue weighted by Crippen LogP contribution is 1.97. The summed E-state index contributed by atoms with van der Waals surface area (Å²) in [4.78, 5) is 4.56. The molecule has 0 aromatic rings. The second kappa shape index (κ2) is 2.68. The highest BCUT2D eigenvalue weighted by atomic mass is 16.6. The predicted molar refractivity (Wildman–Crippen MR) is 32.4 cm³/mol. The number of nitrogens with zero attached hydrogens (tertiary/aromatic N) is 2. The van der Waals surface area contributed by atoms with E-state index >= 15 is 0 Å². The molecule has 0 aromatic carbocycles. The SMILES string of the molecule is N#CC1=CC=CC=NO1. The Kier molecular flexibility index (Phi) is 1.66. The van der Waals surface area contributed by atoms with Crippen LogP contribution in [0.4, 0.5) is 0 Å². The second-order valence-corrected chi connectivity index (χ2v) is 1.37.